The molecule has 5 heteroatoms. The maximum atomic E-state index is 10.5. The molecule has 0 unspecified atom stereocenters. The van der Waals surface area contributed by atoms with E-state index in [1.807, 2.05) is 30.3 Å². The van der Waals surface area contributed by atoms with Gasteiger partial charge in [0.15, 0.2) is 0 Å². The van der Waals surface area contributed by atoms with Gasteiger partial charge in [-0.3, -0.25) is 0 Å². The van der Waals surface area contributed by atoms with Crippen molar-refractivity contribution in [3.63, 3.8) is 0 Å². The van der Waals surface area contributed by atoms with E-state index in [-0.39, 0.29) is 35.3 Å². The Bertz CT molecular complexity index is 621. The van der Waals surface area contributed by atoms with E-state index in [0.717, 1.165) is 5.56 Å². The molecule has 0 bridgehead atoms. The molecular weight excluding hydrogens is 263 g/mol. The molecule has 0 atom stereocenters. The van der Waals surface area contributed by atoms with Gasteiger partial charge in [0.1, 0.15) is 24.1 Å². The molecule has 0 saturated carbocycles. The molecule has 2 rings (SSSR count). The molecule has 0 heterocycles. The van der Waals surface area contributed by atoms with E-state index in [9.17, 15) is 5.21 Å². The second kappa shape index (κ2) is 8.39. The van der Waals surface area contributed by atoms with Crippen molar-refractivity contribution in [2.24, 2.45) is 5.16 Å². The van der Waals surface area contributed by atoms with Crippen LogP contribution in [0.5, 0.6) is 5.75 Å². The molecule has 4 nitrogen and oxygen atoms in total. The van der Waals surface area contributed by atoms with Gasteiger partial charge >= 0.3 is 29.6 Å². The average Bonchev–Trinajstić information content (AvgIpc) is 2.48. The second-order valence-electron chi connectivity index (χ2n) is 3.85. The molecule has 2 aromatic carbocycles. The van der Waals surface area contributed by atoms with Crippen LogP contribution in [0.4, 0.5) is 0 Å². The number of ether oxygens (including phenoxy) is 1. The van der Waals surface area contributed by atoms with E-state index in [1.54, 1.807) is 30.3 Å². The molecule has 0 radical (unpaired) electrons. The second-order valence-corrected chi connectivity index (χ2v) is 3.85. The Morgan fingerprint density at radius 2 is 1.90 bits per heavy atom. The molecule has 0 amide bonds. The Balaban J connectivity index is 0.00000200. The summed E-state index contributed by atoms with van der Waals surface area (Å²) < 4.78 is 5.61. The third-order valence-corrected chi connectivity index (χ3v) is 2.55. The maximum Gasteiger partial charge on any atom is 1.00 e. The summed E-state index contributed by atoms with van der Waals surface area (Å²) in [6, 6.07) is 18.3. The first-order valence-electron chi connectivity index (χ1n) is 5.71. The van der Waals surface area contributed by atoms with Crippen LogP contribution in [0.25, 0.3) is 0 Å². The minimum absolute atomic E-state index is 0. The number of nitrogens with zero attached hydrogens (tertiary/aromatic N) is 2. The molecule has 94 valence electrons. The van der Waals surface area contributed by atoms with E-state index in [1.165, 1.54) is 0 Å². The molecule has 2 aromatic rings. The average molecular weight is 274 g/mol. The zero-order valence-electron chi connectivity index (χ0n) is 11.1. The Kier molecular flexibility index (Phi) is 6.82. The maximum absolute atomic E-state index is 10.5. The zero-order valence-corrected chi connectivity index (χ0v) is 13.1. The van der Waals surface area contributed by atoms with Crippen LogP contribution in [-0.4, -0.2) is 5.71 Å². The van der Waals surface area contributed by atoms with Gasteiger partial charge in [-0.1, -0.05) is 42.5 Å². The van der Waals surface area contributed by atoms with Crippen molar-refractivity contribution in [1.29, 1.82) is 5.26 Å². The normalized spacial score (nSPS) is 10.2. The zero-order chi connectivity index (χ0) is 13.5. The van der Waals surface area contributed by atoms with Crippen molar-refractivity contribution in [3.05, 3.63) is 70.9 Å². The van der Waals surface area contributed by atoms with Crippen LogP contribution < -0.4 is 34.3 Å². The number of hydrogen-bond donors (Lipinski definition) is 0. The first-order valence-corrected chi connectivity index (χ1v) is 5.71. The fourth-order valence-electron chi connectivity index (χ4n) is 1.61. The molecule has 0 fully saturated rings. The smallest absolute Gasteiger partial charge is 0.791 e. The summed E-state index contributed by atoms with van der Waals surface area (Å²) in [5.74, 6) is 0.595. The monoisotopic (exact) mass is 274 g/mol. The van der Waals surface area contributed by atoms with Crippen molar-refractivity contribution in [1.82, 2.24) is 0 Å². The van der Waals surface area contributed by atoms with E-state index < -0.39 is 0 Å². The van der Waals surface area contributed by atoms with Gasteiger partial charge < -0.3 is 15.1 Å². The molecule has 0 aliphatic rings. The van der Waals surface area contributed by atoms with Crippen LogP contribution in [0.1, 0.15) is 11.1 Å². The summed E-state index contributed by atoms with van der Waals surface area (Å²) in [6.45, 7) is 0.431. The van der Waals surface area contributed by atoms with Crippen LogP contribution in [0, 0.1) is 16.5 Å². The summed E-state index contributed by atoms with van der Waals surface area (Å²) in [5.41, 5.74) is 1.36. The third kappa shape index (κ3) is 4.39. The van der Waals surface area contributed by atoms with Crippen LogP contribution in [-0.2, 0) is 6.61 Å². The fraction of sp³-hybridized carbons (Fsp3) is 0.0667. The number of hydrogen-bond acceptors (Lipinski definition) is 4. The summed E-state index contributed by atoms with van der Waals surface area (Å²) in [5, 5.41) is 21.9. The first kappa shape index (κ1) is 16.3. The van der Waals surface area contributed by atoms with Crippen molar-refractivity contribution in [2.45, 2.75) is 6.61 Å². The minimum atomic E-state index is -0.148. The molecule has 0 aliphatic carbocycles. The van der Waals surface area contributed by atoms with Crippen molar-refractivity contribution < 1.29 is 34.3 Å². The Morgan fingerprint density at radius 1 is 1.15 bits per heavy atom. The minimum Gasteiger partial charge on any atom is -0.791 e. The Labute approximate surface area is 139 Å². The van der Waals surface area contributed by atoms with Crippen LogP contribution in [0.2, 0.25) is 0 Å². The van der Waals surface area contributed by atoms with Gasteiger partial charge in [-0.15, -0.1) is 0 Å². The van der Waals surface area contributed by atoms with E-state index in [2.05, 4.69) is 5.16 Å². The Hall–Kier alpha value is -1.80. The molecule has 0 aliphatic heterocycles. The van der Waals surface area contributed by atoms with Crippen molar-refractivity contribution in [3.8, 4) is 11.8 Å². The van der Waals surface area contributed by atoms with Gasteiger partial charge in [0, 0.05) is 5.56 Å². The Morgan fingerprint density at radius 3 is 2.55 bits per heavy atom. The molecule has 0 N–H and O–H groups in total. The molecular formula is C15H11N2NaO2. The predicted octanol–water partition coefficient (Wildman–Crippen LogP) is 0.0801. The third-order valence-electron chi connectivity index (χ3n) is 2.55. The van der Waals surface area contributed by atoms with Gasteiger partial charge in [0.25, 0.3) is 0 Å². The van der Waals surface area contributed by atoms with E-state index >= 15 is 0 Å². The summed E-state index contributed by atoms with van der Waals surface area (Å²) in [6.07, 6.45) is 0. The number of rotatable bonds is 4. The fourth-order valence-corrected chi connectivity index (χ4v) is 1.61. The first-order chi connectivity index (χ1) is 9.33. The summed E-state index contributed by atoms with van der Waals surface area (Å²) in [4.78, 5) is 0. The summed E-state index contributed by atoms with van der Waals surface area (Å²) >= 11 is 0. The van der Waals surface area contributed by atoms with Crippen molar-refractivity contribution in [2.75, 3.05) is 0 Å². The van der Waals surface area contributed by atoms with Gasteiger partial charge in [-0.05, 0) is 17.7 Å². The molecule has 0 aromatic heterocycles. The molecule has 20 heavy (non-hydrogen) atoms. The van der Waals surface area contributed by atoms with E-state index in [0.29, 0.717) is 17.9 Å². The van der Waals surface area contributed by atoms with E-state index in [4.69, 9.17) is 10.00 Å². The van der Waals surface area contributed by atoms with Crippen molar-refractivity contribution >= 4 is 5.71 Å². The van der Waals surface area contributed by atoms with Gasteiger partial charge in [-0.25, -0.2) is 0 Å². The topological polar surface area (TPSA) is 68.4 Å². The largest absolute Gasteiger partial charge is 1.00 e. The summed E-state index contributed by atoms with van der Waals surface area (Å²) in [7, 11) is 0. The van der Waals surface area contributed by atoms with Gasteiger partial charge in [-0.2, -0.15) is 5.26 Å². The van der Waals surface area contributed by atoms with Crippen LogP contribution in [0.3, 0.4) is 0 Å². The molecule has 0 saturated heterocycles. The standard InChI is InChI=1S/C15H12N2O2.Na/c16-10-15(17-18)13-7-4-8-14(9-13)19-11-12-5-2-1-3-6-12;/h1-9,18H,11H2;/q;+1/p-1/b17-15+;. The number of nitriles is 1. The molecule has 0 spiro atoms. The SMILES string of the molecule is N#C/C(=N\[O-])c1cccc(OCc2ccccc2)c1.[Na+]. The van der Waals surface area contributed by atoms with Crippen LogP contribution >= 0.6 is 0 Å². The van der Waals surface area contributed by atoms with Gasteiger partial charge in [0.2, 0.25) is 0 Å². The van der Waals surface area contributed by atoms with Crippen LogP contribution in [0.15, 0.2) is 59.8 Å². The number of benzene rings is 2. The predicted molar refractivity (Wildman–Crippen MR) is 72.7 cm³/mol. The van der Waals surface area contributed by atoms with Gasteiger partial charge in [0.05, 0.1) is 0 Å². The quantitative estimate of drug-likeness (QED) is 0.450.